The molecule has 0 heterocycles. The quantitative estimate of drug-likeness (QED) is 0.686. The zero-order valence-electron chi connectivity index (χ0n) is 12.0. The van der Waals surface area contributed by atoms with Crippen molar-refractivity contribution >= 4 is 34.2 Å². The number of rotatable bonds is 7. The van der Waals surface area contributed by atoms with E-state index in [1.807, 2.05) is 42.7 Å². The van der Waals surface area contributed by atoms with Crippen molar-refractivity contribution in [2.24, 2.45) is 0 Å². The normalized spacial score (nSPS) is 12.4. The highest BCUT2D eigenvalue weighted by molar-refractivity contribution is 7.98. The van der Waals surface area contributed by atoms with E-state index in [9.17, 15) is 9.90 Å². The van der Waals surface area contributed by atoms with Gasteiger partial charge in [0.15, 0.2) is 0 Å². The molecule has 2 rings (SSSR count). The van der Waals surface area contributed by atoms with Gasteiger partial charge < -0.3 is 16.2 Å². The van der Waals surface area contributed by atoms with Crippen molar-refractivity contribution in [3.8, 4) is 0 Å². The van der Waals surface area contributed by atoms with Crippen molar-refractivity contribution in [2.45, 2.75) is 19.0 Å². The van der Waals surface area contributed by atoms with Gasteiger partial charge >= 0.3 is 5.97 Å². The van der Waals surface area contributed by atoms with E-state index in [1.54, 1.807) is 11.8 Å². The van der Waals surface area contributed by atoms with Gasteiger partial charge in [-0.1, -0.05) is 24.3 Å². The lowest BCUT2D eigenvalue weighted by molar-refractivity contribution is -0.139. The summed E-state index contributed by atoms with van der Waals surface area (Å²) in [6.45, 7) is 0.534. The number of nitrogens with two attached hydrogens (primary N) is 1. The molecule has 0 amide bonds. The summed E-state index contributed by atoms with van der Waals surface area (Å²) in [5.74, 6) is 0.0317. The van der Waals surface area contributed by atoms with E-state index in [1.165, 1.54) is 0 Å². The van der Waals surface area contributed by atoms with E-state index in [0.29, 0.717) is 13.0 Å². The van der Waals surface area contributed by atoms with Gasteiger partial charge in [-0.15, -0.1) is 0 Å². The van der Waals surface area contributed by atoms with Crippen molar-refractivity contribution < 1.29 is 9.90 Å². The summed E-state index contributed by atoms with van der Waals surface area (Å²) >= 11 is 1.66. The number of aliphatic carboxylic acids is 1. The maximum Gasteiger partial charge on any atom is 0.320 e. The van der Waals surface area contributed by atoms with Crippen LogP contribution in [0.3, 0.4) is 0 Å². The Morgan fingerprint density at radius 3 is 2.90 bits per heavy atom. The minimum absolute atomic E-state index is 0.513. The van der Waals surface area contributed by atoms with E-state index < -0.39 is 12.0 Å². The molecule has 2 aromatic carbocycles. The third-order valence-corrected chi connectivity index (χ3v) is 4.09. The fraction of sp³-hybridized carbons (Fsp3) is 0.312. The van der Waals surface area contributed by atoms with Crippen LogP contribution >= 0.6 is 11.8 Å². The number of carboxylic acids is 1. The van der Waals surface area contributed by atoms with Gasteiger partial charge in [-0.2, -0.15) is 11.8 Å². The number of fused-ring (bicyclic) bond motifs is 1. The topological polar surface area (TPSA) is 75.3 Å². The first-order valence-corrected chi connectivity index (χ1v) is 8.23. The Labute approximate surface area is 128 Å². The second-order valence-corrected chi connectivity index (χ2v) is 5.94. The van der Waals surface area contributed by atoms with E-state index in [-0.39, 0.29) is 0 Å². The molecule has 5 heteroatoms. The summed E-state index contributed by atoms with van der Waals surface area (Å²) < 4.78 is 0. The first kappa shape index (κ1) is 15.7. The van der Waals surface area contributed by atoms with Crippen LogP contribution in [0.1, 0.15) is 12.0 Å². The van der Waals surface area contributed by atoms with Gasteiger partial charge in [-0.05, 0) is 46.9 Å². The van der Waals surface area contributed by atoms with Crippen LogP contribution in [0.5, 0.6) is 0 Å². The molecule has 0 aliphatic rings. The molecule has 0 aliphatic carbocycles. The van der Waals surface area contributed by atoms with Crippen LogP contribution in [0.2, 0.25) is 0 Å². The summed E-state index contributed by atoms with van der Waals surface area (Å²) in [5.41, 5.74) is 7.61. The Bertz CT molecular complexity index is 631. The summed E-state index contributed by atoms with van der Waals surface area (Å²) in [5, 5.41) is 14.6. The van der Waals surface area contributed by atoms with Crippen molar-refractivity contribution in [1.29, 1.82) is 0 Å². The van der Waals surface area contributed by atoms with E-state index >= 15 is 0 Å². The third-order valence-electron chi connectivity index (χ3n) is 3.44. The molecule has 112 valence electrons. The molecule has 0 saturated carbocycles. The minimum Gasteiger partial charge on any atom is -0.480 e. The van der Waals surface area contributed by atoms with Crippen LogP contribution in [0.15, 0.2) is 36.4 Å². The lowest BCUT2D eigenvalue weighted by atomic mass is 10.0. The summed E-state index contributed by atoms with van der Waals surface area (Å²) in [7, 11) is 0. The van der Waals surface area contributed by atoms with E-state index in [4.69, 9.17) is 5.73 Å². The maximum atomic E-state index is 11.2. The number of benzene rings is 2. The second kappa shape index (κ2) is 7.33. The Balaban J connectivity index is 2.13. The number of nitrogen functional groups attached to an aromatic ring is 1. The highest BCUT2D eigenvalue weighted by Crippen LogP contribution is 2.21. The molecular formula is C16H20N2O2S. The predicted molar refractivity (Wildman–Crippen MR) is 89.6 cm³/mol. The summed E-state index contributed by atoms with van der Waals surface area (Å²) in [6, 6.07) is 11.3. The zero-order chi connectivity index (χ0) is 15.2. The molecule has 0 bridgehead atoms. The first-order chi connectivity index (χ1) is 10.1. The summed E-state index contributed by atoms with van der Waals surface area (Å²) in [4.78, 5) is 11.2. The van der Waals surface area contributed by atoms with Gasteiger partial charge in [0.25, 0.3) is 0 Å². The largest absolute Gasteiger partial charge is 0.480 e. The molecule has 4 N–H and O–H groups in total. The number of thioether (sulfide) groups is 1. The van der Waals surface area contributed by atoms with Crippen LogP contribution in [0.25, 0.3) is 10.8 Å². The Kier molecular flexibility index (Phi) is 5.47. The molecule has 2 aromatic rings. The van der Waals surface area contributed by atoms with E-state index in [0.717, 1.165) is 27.8 Å². The average Bonchev–Trinajstić information content (AvgIpc) is 2.46. The number of carbonyl (C=O) groups is 1. The number of hydrogen-bond donors (Lipinski definition) is 3. The van der Waals surface area contributed by atoms with E-state index in [2.05, 4.69) is 5.32 Å². The number of anilines is 1. The smallest absolute Gasteiger partial charge is 0.320 e. The molecule has 0 aromatic heterocycles. The number of hydrogen-bond acceptors (Lipinski definition) is 4. The van der Waals surface area contributed by atoms with Gasteiger partial charge in [-0.3, -0.25) is 4.79 Å². The van der Waals surface area contributed by atoms with Crippen molar-refractivity contribution in [1.82, 2.24) is 5.32 Å². The first-order valence-electron chi connectivity index (χ1n) is 6.84. The predicted octanol–water partition coefficient (Wildman–Crippen LogP) is 2.72. The molecule has 4 nitrogen and oxygen atoms in total. The molecule has 0 saturated heterocycles. The second-order valence-electron chi connectivity index (χ2n) is 4.95. The van der Waals surface area contributed by atoms with Crippen LogP contribution in [-0.4, -0.2) is 29.1 Å². The molecule has 0 spiro atoms. The average molecular weight is 304 g/mol. The van der Waals surface area contributed by atoms with Crippen LogP contribution in [0.4, 0.5) is 5.69 Å². The standard InChI is InChI=1S/C16H20N2O2S/c1-21-8-7-15(16(19)20)18-10-12-4-2-3-11-9-13(17)5-6-14(11)12/h2-6,9,15,18H,7-8,10,17H2,1H3,(H,19,20)/t15-/m0/s1. The molecule has 0 fully saturated rings. The zero-order valence-corrected chi connectivity index (χ0v) is 12.8. The van der Waals surface area contributed by atoms with Gasteiger partial charge in [0.05, 0.1) is 0 Å². The molecule has 0 radical (unpaired) electrons. The minimum atomic E-state index is -0.798. The Morgan fingerprint density at radius 1 is 1.38 bits per heavy atom. The Morgan fingerprint density at radius 2 is 2.19 bits per heavy atom. The lowest BCUT2D eigenvalue weighted by Crippen LogP contribution is -2.36. The summed E-state index contributed by atoms with van der Waals surface area (Å²) in [6.07, 6.45) is 2.60. The molecule has 21 heavy (non-hydrogen) atoms. The van der Waals surface area contributed by atoms with Crippen LogP contribution in [0, 0.1) is 0 Å². The number of carboxylic acid groups (broad SMARTS) is 1. The highest BCUT2D eigenvalue weighted by Gasteiger charge is 2.16. The van der Waals surface area contributed by atoms with Gasteiger partial charge in [0, 0.05) is 12.2 Å². The third kappa shape index (κ3) is 4.12. The van der Waals surface area contributed by atoms with Crippen molar-refractivity contribution in [3.05, 3.63) is 42.0 Å². The van der Waals surface area contributed by atoms with Crippen LogP contribution in [-0.2, 0) is 11.3 Å². The van der Waals surface area contributed by atoms with Crippen molar-refractivity contribution in [3.63, 3.8) is 0 Å². The van der Waals surface area contributed by atoms with Crippen molar-refractivity contribution in [2.75, 3.05) is 17.7 Å². The lowest BCUT2D eigenvalue weighted by Gasteiger charge is -2.15. The molecule has 0 aliphatic heterocycles. The SMILES string of the molecule is CSCC[C@H](NCc1cccc2cc(N)ccc12)C(=O)O. The molecule has 0 unspecified atom stereocenters. The molecule has 1 atom stereocenters. The Hall–Kier alpha value is -1.72. The van der Waals surface area contributed by atoms with Gasteiger partial charge in [-0.25, -0.2) is 0 Å². The fourth-order valence-corrected chi connectivity index (χ4v) is 2.78. The number of nitrogens with one attached hydrogen (secondary N) is 1. The maximum absolute atomic E-state index is 11.2. The van der Waals surface area contributed by atoms with Gasteiger partial charge in [0.2, 0.25) is 0 Å². The monoisotopic (exact) mass is 304 g/mol. The highest BCUT2D eigenvalue weighted by atomic mass is 32.2. The van der Waals surface area contributed by atoms with Gasteiger partial charge in [0.1, 0.15) is 6.04 Å². The fourth-order valence-electron chi connectivity index (χ4n) is 2.31. The molecular weight excluding hydrogens is 284 g/mol. The van der Waals surface area contributed by atoms with Crippen LogP contribution < -0.4 is 11.1 Å².